The van der Waals surface area contributed by atoms with Gasteiger partial charge < -0.3 is 43.8 Å². The van der Waals surface area contributed by atoms with Gasteiger partial charge in [0.1, 0.15) is 34.8 Å². The molecule has 0 saturated carbocycles. The summed E-state index contributed by atoms with van der Waals surface area (Å²) < 4.78 is 46.1. The molecule has 0 aliphatic carbocycles. The number of ether oxygens (including phenoxy) is 3. The van der Waals surface area contributed by atoms with E-state index in [4.69, 9.17) is 14.2 Å². The van der Waals surface area contributed by atoms with Crippen LogP contribution in [0.25, 0.3) is 21.8 Å². The zero-order chi connectivity index (χ0) is 63.8. The molecule has 0 radical (unpaired) electrons. The quantitative estimate of drug-likeness (QED) is 0.0200. The van der Waals surface area contributed by atoms with Crippen molar-refractivity contribution in [1.82, 2.24) is 56.3 Å². The van der Waals surface area contributed by atoms with Crippen molar-refractivity contribution in [1.29, 1.82) is 0 Å². The van der Waals surface area contributed by atoms with Crippen LogP contribution in [0.2, 0.25) is 0 Å². The Morgan fingerprint density at radius 1 is 0.522 bits per heavy atom. The van der Waals surface area contributed by atoms with Crippen molar-refractivity contribution in [2.75, 3.05) is 52.4 Å². The fraction of sp³-hybridized carbons (Fsp3) is 0.355. The van der Waals surface area contributed by atoms with Crippen LogP contribution in [0.5, 0.6) is 0 Å². The standard InChI is InChI=1S/C32H38FN7O7.C28H28FN7O5.2CH4/c1-31(2,3)46-29(44)37-35-26(36-38-30(45)47-32(4,5)6)20-12-13-22(33)23-21(18-34-24(20)23)25(41)28(43)40-16-14-39(15-17-40)27(42)19-10-8-7-9-11-19;1-28(2,3)41-27(40)36-16-31-32-24(33-36)18-9-10-20(29)21-19(15-30-22(18)21)23(37)26(39)35-13-11-34(12-14-35)25(38)17-7-5-4-6-8-17;;/h7-13,18,34H,14-17H2,1-6H3,(H,35,36)(H,37,44)(H,38,45);4-10,15-16,30H,11-14H2,1-3H3,(H,32,33);2*1H4. The number of hydrogen-bond acceptors (Lipinski definition) is 16. The van der Waals surface area contributed by atoms with E-state index >= 15 is 8.78 Å². The molecule has 3 aliphatic heterocycles. The summed E-state index contributed by atoms with van der Waals surface area (Å²) in [4.78, 5) is 127. The van der Waals surface area contributed by atoms with Gasteiger partial charge in [0.2, 0.25) is 0 Å². The van der Waals surface area contributed by atoms with Crippen LogP contribution >= 0.6 is 0 Å². The summed E-state index contributed by atoms with van der Waals surface area (Å²) in [7, 11) is 0. The molecule has 0 bridgehead atoms. The van der Waals surface area contributed by atoms with Crippen LogP contribution in [0.1, 0.15) is 130 Å². The molecule has 0 spiro atoms. The normalized spacial score (nSPS) is 14.3. The summed E-state index contributed by atoms with van der Waals surface area (Å²) in [6.07, 6.45) is 1.09. The molecule has 9 rings (SSSR count). The van der Waals surface area contributed by atoms with Crippen molar-refractivity contribution in [3.05, 3.63) is 142 Å². The third-order valence-corrected chi connectivity index (χ3v) is 13.2. The number of aromatic nitrogens is 2. The maximum Gasteiger partial charge on any atom is 0.434 e. The molecule has 5 heterocycles. The van der Waals surface area contributed by atoms with Crippen LogP contribution in [0.15, 0.2) is 113 Å². The van der Waals surface area contributed by atoms with Gasteiger partial charge in [0, 0.05) is 97.8 Å². The molecule has 0 atom stereocenters. The third kappa shape index (κ3) is 16.7. The fourth-order valence-corrected chi connectivity index (χ4v) is 9.23. The summed E-state index contributed by atoms with van der Waals surface area (Å²) in [5, 5.41) is 12.5. The maximum atomic E-state index is 15.3. The number of Topliss-reactive ketones (excluding diaryl/α,β-unsaturated/α-hetero) is 2. The number of hydrazone groups is 1. The Morgan fingerprint density at radius 3 is 1.43 bits per heavy atom. The van der Waals surface area contributed by atoms with E-state index in [2.05, 4.69) is 47.0 Å². The van der Waals surface area contributed by atoms with Gasteiger partial charge in [0.25, 0.3) is 35.2 Å². The van der Waals surface area contributed by atoms with Gasteiger partial charge in [0.15, 0.2) is 11.7 Å². The minimum Gasteiger partial charge on any atom is -0.443 e. The summed E-state index contributed by atoms with van der Waals surface area (Å²) in [5.41, 5.74) is 8.77. The highest BCUT2D eigenvalue weighted by Crippen LogP contribution is 2.29. The van der Waals surface area contributed by atoms with E-state index in [1.807, 2.05) is 12.1 Å². The molecule has 4 aromatic carbocycles. The zero-order valence-electron chi connectivity index (χ0n) is 49.7. The van der Waals surface area contributed by atoms with E-state index in [-0.39, 0.29) is 129 Å². The summed E-state index contributed by atoms with van der Waals surface area (Å²) in [5.74, 6) is -5.44. The minimum absolute atomic E-state index is 0. The van der Waals surface area contributed by atoms with Gasteiger partial charge in [-0.1, -0.05) is 51.3 Å². The van der Waals surface area contributed by atoms with Crippen molar-refractivity contribution < 1.29 is 66.1 Å². The number of hydrazine groups is 2. The summed E-state index contributed by atoms with van der Waals surface area (Å²) >= 11 is 0. The molecule has 6 aromatic rings. The minimum atomic E-state index is -0.958. The largest absolute Gasteiger partial charge is 0.443 e. The van der Waals surface area contributed by atoms with E-state index in [1.165, 1.54) is 34.3 Å². The predicted octanol–water partition coefficient (Wildman–Crippen LogP) is 7.88. The Hall–Kier alpha value is -10.5. The molecule has 0 unspecified atom stereocenters. The van der Waals surface area contributed by atoms with Gasteiger partial charge in [-0.3, -0.25) is 39.6 Å². The number of amides is 7. The first kappa shape index (κ1) is 68.6. The van der Waals surface area contributed by atoms with Crippen molar-refractivity contribution in [3.63, 3.8) is 0 Å². The number of rotatable bonds is 9. The number of benzene rings is 4. The van der Waals surface area contributed by atoms with E-state index in [0.29, 0.717) is 16.7 Å². The fourth-order valence-electron chi connectivity index (χ4n) is 9.23. The van der Waals surface area contributed by atoms with Crippen LogP contribution in [0.4, 0.5) is 23.2 Å². The number of hydrogen-bond donors (Lipinski definition) is 6. The molecule has 6 N–H and O–H groups in total. The number of halogens is 2. The zero-order valence-corrected chi connectivity index (χ0v) is 49.7. The Bertz CT molecular complexity index is 3770. The average molecular weight is 1250 g/mol. The Morgan fingerprint density at radius 2 is 0.956 bits per heavy atom. The van der Waals surface area contributed by atoms with Crippen molar-refractivity contribution in [3.8, 4) is 0 Å². The van der Waals surface area contributed by atoms with Gasteiger partial charge in [0.05, 0.1) is 22.2 Å². The second-order valence-electron chi connectivity index (χ2n) is 23.1. The molecule has 2 aromatic heterocycles. The van der Waals surface area contributed by atoms with Gasteiger partial charge in [-0.15, -0.1) is 15.3 Å². The topological polar surface area (TPSA) is 314 Å². The highest BCUT2D eigenvalue weighted by atomic mass is 19.1. The molecule has 28 heteroatoms. The lowest BCUT2D eigenvalue weighted by molar-refractivity contribution is -0.128. The molecule has 90 heavy (non-hydrogen) atoms. The number of carbonyl (C=O) groups is 9. The van der Waals surface area contributed by atoms with E-state index in [0.717, 1.165) is 23.5 Å². The molecule has 26 nitrogen and oxygen atoms in total. The Balaban J connectivity index is 0.000000282. The maximum absolute atomic E-state index is 15.3. The highest BCUT2D eigenvalue weighted by molar-refractivity contribution is 6.46. The smallest absolute Gasteiger partial charge is 0.434 e. The lowest BCUT2D eigenvalue weighted by Gasteiger charge is -2.34. The molecule has 3 aliphatic rings. The van der Waals surface area contributed by atoms with Gasteiger partial charge in [-0.2, -0.15) is 5.01 Å². The van der Waals surface area contributed by atoms with Crippen LogP contribution in [0, 0.1) is 11.6 Å². The van der Waals surface area contributed by atoms with Gasteiger partial charge >= 0.3 is 18.3 Å². The van der Waals surface area contributed by atoms with Crippen LogP contribution in [-0.4, -0.2) is 175 Å². The summed E-state index contributed by atoms with van der Waals surface area (Å²) in [6, 6.07) is 22.5. The monoisotopic (exact) mass is 1240 g/mol. The number of H-pyrrole nitrogens is 2. The Labute approximate surface area is 517 Å². The Kier molecular flexibility index (Phi) is 21.7. The predicted molar refractivity (Wildman–Crippen MR) is 331 cm³/mol. The van der Waals surface area contributed by atoms with Crippen LogP contribution in [0.3, 0.4) is 0 Å². The van der Waals surface area contributed by atoms with Crippen LogP contribution < -0.4 is 21.7 Å². The summed E-state index contributed by atoms with van der Waals surface area (Å²) in [6.45, 7) is 16.7. The number of carbonyl (C=O) groups excluding carboxylic acids is 9. The first-order valence-corrected chi connectivity index (χ1v) is 27.7. The number of fused-ring (bicyclic) bond motifs is 2. The molecular formula is C62H74F2N14O12. The van der Waals surface area contributed by atoms with Crippen molar-refractivity contribution >= 4 is 93.3 Å². The highest BCUT2D eigenvalue weighted by Gasteiger charge is 2.35. The first-order valence-electron chi connectivity index (χ1n) is 27.7. The van der Waals surface area contributed by atoms with E-state index in [1.54, 1.807) is 121 Å². The second-order valence-corrected chi connectivity index (χ2v) is 23.1. The number of aromatic amines is 2. The first-order chi connectivity index (χ1) is 41.6. The SMILES string of the molecule is C.C.CC(C)(C)OC(=O)N/N=C(\NNC(=O)OC(C)(C)C)c1ccc(F)c2c(C(=O)C(=O)N3CCN(C(=O)c4ccccc4)CC3)c[nH]c12.CC(C)(C)OC(=O)N1C=NN=C(c2ccc(F)c3c(C(=O)C(=O)N4CCN(C(=O)c5ccccc5)CC4)c[nH]c23)N1. The van der Waals surface area contributed by atoms with E-state index in [9.17, 15) is 43.2 Å². The lowest BCUT2D eigenvalue weighted by Crippen LogP contribution is -2.52. The third-order valence-electron chi connectivity index (χ3n) is 13.2. The second kappa shape index (κ2) is 28.5. The van der Waals surface area contributed by atoms with Crippen molar-refractivity contribution in [2.24, 2.45) is 15.3 Å². The molecule has 2 fully saturated rings. The van der Waals surface area contributed by atoms with Crippen molar-refractivity contribution in [2.45, 2.75) is 94.0 Å². The number of nitrogens with one attached hydrogen (secondary N) is 6. The number of amidine groups is 2. The van der Waals surface area contributed by atoms with Crippen LogP contribution in [-0.2, 0) is 23.8 Å². The molecule has 2 saturated heterocycles. The molecule has 7 amide bonds. The number of piperazine rings is 2. The lowest BCUT2D eigenvalue weighted by atomic mass is 10.0. The average Bonchev–Trinajstić information content (AvgIpc) is 1.62. The number of ketones is 2. The molecular weight excluding hydrogens is 1170 g/mol. The number of nitrogens with zero attached hydrogens (tertiary/aromatic N) is 8. The van der Waals surface area contributed by atoms with Gasteiger partial charge in [-0.05, 0) is 111 Å². The van der Waals surface area contributed by atoms with E-state index < -0.39 is 70.1 Å². The molecule has 478 valence electrons. The van der Waals surface area contributed by atoms with Gasteiger partial charge in [-0.25, -0.2) is 34.0 Å².